The van der Waals surface area contributed by atoms with Crippen molar-refractivity contribution in [3.8, 4) is 0 Å². The number of aromatic nitrogens is 2. The predicted molar refractivity (Wildman–Crippen MR) is 54.5 cm³/mol. The van der Waals surface area contributed by atoms with E-state index in [4.69, 9.17) is 16.3 Å². The summed E-state index contributed by atoms with van der Waals surface area (Å²) >= 11 is 5.68. The Morgan fingerprint density at radius 2 is 2.21 bits per heavy atom. The zero-order chi connectivity index (χ0) is 9.97. The first kappa shape index (κ1) is 9.68. The number of halogens is 1. The first-order valence-electron chi connectivity index (χ1n) is 4.61. The van der Waals surface area contributed by atoms with Gasteiger partial charge in [-0.2, -0.15) is 0 Å². The lowest BCUT2D eigenvalue weighted by atomic mass is 10.2. The van der Waals surface area contributed by atoms with Gasteiger partial charge < -0.3 is 10.1 Å². The van der Waals surface area contributed by atoms with Crippen LogP contribution in [-0.2, 0) is 4.74 Å². The molecule has 0 bridgehead atoms. The van der Waals surface area contributed by atoms with Crippen LogP contribution in [0.1, 0.15) is 13.3 Å². The molecule has 1 aliphatic rings. The molecule has 76 valence electrons. The Bertz CT molecular complexity index is 303. The SMILES string of the molecule is C[C@H]1OCC[C@H]1Nc1ncc(Cl)cn1. The minimum Gasteiger partial charge on any atom is -0.376 e. The molecule has 0 saturated carbocycles. The molecule has 0 radical (unpaired) electrons. The zero-order valence-electron chi connectivity index (χ0n) is 7.90. The van der Waals surface area contributed by atoms with E-state index in [0.717, 1.165) is 13.0 Å². The van der Waals surface area contributed by atoms with Gasteiger partial charge in [-0.05, 0) is 13.3 Å². The highest BCUT2D eigenvalue weighted by atomic mass is 35.5. The van der Waals surface area contributed by atoms with E-state index in [1.165, 1.54) is 0 Å². The Morgan fingerprint density at radius 1 is 1.50 bits per heavy atom. The van der Waals surface area contributed by atoms with Gasteiger partial charge in [0.2, 0.25) is 5.95 Å². The highest BCUT2D eigenvalue weighted by Gasteiger charge is 2.24. The van der Waals surface area contributed by atoms with Gasteiger partial charge in [0.25, 0.3) is 0 Å². The van der Waals surface area contributed by atoms with Crippen LogP contribution in [0.25, 0.3) is 0 Å². The van der Waals surface area contributed by atoms with Crippen molar-refractivity contribution in [2.24, 2.45) is 0 Å². The minimum absolute atomic E-state index is 0.217. The fourth-order valence-corrected chi connectivity index (χ4v) is 1.57. The first-order valence-corrected chi connectivity index (χ1v) is 4.99. The van der Waals surface area contributed by atoms with Crippen LogP contribution in [0.3, 0.4) is 0 Å². The lowest BCUT2D eigenvalue weighted by molar-refractivity contribution is 0.121. The maximum Gasteiger partial charge on any atom is 0.222 e. The molecule has 1 N–H and O–H groups in total. The molecule has 0 unspecified atom stereocenters. The quantitative estimate of drug-likeness (QED) is 0.813. The molecule has 1 aromatic rings. The molecular formula is C9H12ClN3O. The van der Waals surface area contributed by atoms with Crippen LogP contribution in [0.5, 0.6) is 0 Å². The van der Waals surface area contributed by atoms with Crippen LogP contribution >= 0.6 is 11.6 Å². The van der Waals surface area contributed by atoms with E-state index in [-0.39, 0.29) is 6.10 Å². The van der Waals surface area contributed by atoms with Crippen molar-refractivity contribution < 1.29 is 4.74 Å². The lowest BCUT2D eigenvalue weighted by Crippen LogP contribution is -2.27. The van der Waals surface area contributed by atoms with Gasteiger partial charge in [-0.1, -0.05) is 11.6 Å². The van der Waals surface area contributed by atoms with E-state index in [9.17, 15) is 0 Å². The summed E-state index contributed by atoms with van der Waals surface area (Å²) in [7, 11) is 0. The van der Waals surface area contributed by atoms with Gasteiger partial charge in [0, 0.05) is 6.61 Å². The molecule has 0 amide bonds. The first-order chi connectivity index (χ1) is 6.75. The third kappa shape index (κ3) is 2.13. The summed E-state index contributed by atoms with van der Waals surface area (Å²) in [5.41, 5.74) is 0. The van der Waals surface area contributed by atoms with Crippen LogP contribution in [0.2, 0.25) is 5.02 Å². The van der Waals surface area contributed by atoms with Crippen molar-refractivity contribution in [1.82, 2.24) is 9.97 Å². The van der Waals surface area contributed by atoms with Gasteiger partial charge in [-0.3, -0.25) is 0 Å². The standard InChI is InChI=1S/C9H12ClN3O/c1-6-8(2-3-14-6)13-9-11-4-7(10)5-12-9/h4-6,8H,2-3H2,1H3,(H,11,12,13)/t6-,8-/m1/s1. The van der Waals surface area contributed by atoms with Crippen molar-refractivity contribution >= 4 is 17.5 Å². The van der Waals surface area contributed by atoms with Crippen LogP contribution < -0.4 is 5.32 Å². The Labute approximate surface area is 87.7 Å². The van der Waals surface area contributed by atoms with Gasteiger partial charge in [0.1, 0.15) is 0 Å². The summed E-state index contributed by atoms with van der Waals surface area (Å²) in [5, 5.41) is 3.76. The highest BCUT2D eigenvalue weighted by molar-refractivity contribution is 6.30. The molecule has 0 spiro atoms. The number of nitrogens with one attached hydrogen (secondary N) is 1. The molecule has 0 aromatic carbocycles. The number of hydrogen-bond donors (Lipinski definition) is 1. The fourth-order valence-electron chi connectivity index (χ4n) is 1.47. The van der Waals surface area contributed by atoms with Gasteiger partial charge in [0.15, 0.2) is 0 Å². The predicted octanol–water partition coefficient (Wildman–Crippen LogP) is 1.72. The summed E-state index contributed by atoms with van der Waals surface area (Å²) in [6.07, 6.45) is 4.37. The summed E-state index contributed by atoms with van der Waals surface area (Å²) in [6, 6.07) is 0.302. The molecule has 4 nitrogen and oxygen atoms in total. The van der Waals surface area contributed by atoms with Gasteiger partial charge in [-0.15, -0.1) is 0 Å². The summed E-state index contributed by atoms with van der Waals surface area (Å²) in [6.45, 7) is 2.84. The van der Waals surface area contributed by atoms with E-state index in [1.807, 2.05) is 6.92 Å². The second kappa shape index (κ2) is 4.11. The van der Waals surface area contributed by atoms with E-state index in [2.05, 4.69) is 15.3 Å². The molecule has 1 saturated heterocycles. The molecule has 14 heavy (non-hydrogen) atoms. The maximum atomic E-state index is 5.68. The maximum absolute atomic E-state index is 5.68. The van der Waals surface area contributed by atoms with Crippen LogP contribution in [0.4, 0.5) is 5.95 Å². The van der Waals surface area contributed by atoms with Crippen molar-refractivity contribution in [2.45, 2.75) is 25.5 Å². The number of rotatable bonds is 2. The Hall–Kier alpha value is -0.870. The largest absolute Gasteiger partial charge is 0.376 e. The highest BCUT2D eigenvalue weighted by Crippen LogP contribution is 2.16. The average molecular weight is 214 g/mol. The van der Waals surface area contributed by atoms with Crippen LogP contribution in [-0.4, -0.2) is 28.7 Å². The fraction of sp³-hybridized carbons (Fsp3) is 0.556. The lowest BCUT2D eigenvalue weighted by Gasteiger charge is -2.15. The van der Waals surface area contributed by atoms with Crippen LogP contribution in [0, 0.1) is 0 Å². The normalized spacial score (nSPS) is 26.4. The van der Waals surface area contributed by atoms with E-state index in [0.29, 0.717) is 17.0 Å². The van der Waals surface area contributed by atoms with Crippen molar-refractivity contribution in [1.29, 1.82) is 0 Å². The van der Waals surface area contributed by atoms with Crippen molar-refractivity contribution in [2.75, 3.05) is 11.9 Å². The molecular weight excluding hydrogens is 202 g/mol. The van der Waals surface area contributed by atoms with Gasteiger partial charge in [-0.25, -0.2) is 9.97 Å². The third-order valence-corrected chi connectivity index (χ3v) is 2.51. The molecule has 5 heteroatoms. The van der Waals surface area contributed by atoms with Gasteiger partial charge >= 0.3 is 0 Å². The molecule has 2 atom stereocenters. The molecule has 1 fully saturated rings. The number of anilines is 1. The van der Waals surface area contributed by atoms with E-state index >= 15 is 0 Å². The summed E-state index contributed by atoms with van der Waals surface area (Å²) in [5.74, 6) is 0.608. The second-order valence-electron chi connectivity index (χ2n) is 3.34. The number of nitrogens with zero attached hydrogens (tertiary/aromatic N) is 2. The van der Waals surface area contributed by atoms with Crippen molar-refractivity contribution in [3.63, 3.8) is 0 Å². The second-order valence-corrected chi connectivity index (χ2v) is 3.78. The van der Waals surface area contributed by atoms with Crippen LogP contribution in [0.15, 0.2) is 12.4 Å². The topological polar surface area (TPSA) is 47.0 Å². The van der Waals surface area contributed by atoms with E-state index < -0.39 is 0 Å². The molecule has 2 rings (SSSR count). The number of hydrogen-bond acceptors (Lipinski definition) is 4. The molecule has 2 heterocycles. The molecule has 0 aliphatic carbocycles. The number of ether oxygens (including phenoxy) is 1. The Balaban J connectivity index is 2.00. The van der Waals surface area contributed by atoms with E-state index in [1.54, 1.807) is 12.4 Å². The average Bonchev–Trinajstić information content (AvgIpc) is 2.56. The zero-order valence-corrected chi connectivity index (χ0v) is 8.66. The smallest absolute Gasteiger partial charge is 0.222 e. The third-order valence-electron chi connectivity index (χ3n) is 2.31. The van der Waals surface area contributed by atoms with Crippen molar-refractivity contribution in [3.05, 3.63) is 17.4 Å². The Kier molecular flexibility index (Phi) is 2.84. The summed E-state index contributed by atoms with van der Waals surface area (Å²) in [4.78, 5) is 8.13. The monoisotopic (exact) mass is 213 g/mol. The Morgan fingerprint density at radius 3 is 2.79 bits per heavy atom. The minimum atomic E-state index is 0.217. The molecule has 1 aliphatic heterocycles. The molecule has 1 aromatic heterocycles. The van der Waals surface area contributed by atoms with Gasteiger partial charge in [0.05, 0.1) is 29.6 Å². The summed E-state index contributed by atoms with van der Waals surface area (Å²) < 4.78 is 5.42.